The normalized spacial score (nSPS) is 17.1. The molecular formula is C16H26Cl2N2O5S. The zero-order valence-electron chi connectivity index (χ0n) is 14.7. The van der Waals surface area contributed by atoms with E-state index >= 15 is 0 Å². The van der Waals surface area contributed by atoms with E-state index in [-0.39, 0.29) is 29.8 Å². The van der Waals surface area contributed by atoms with Crippen LogP contribution in [0.1, 0.15) is 6.42 Å². The van der Waals surface area contributed by atoms with E-state index in [1.165, 1.54) is 6.07 Å². The van der Waals surface area contributed by atoms with E-state index < -0.39 is 10.0 Å². The van der Waals surface area contributed by atoms with E-state index in [1.807, 2.05) is 0 Å². The van der Waals surface area contributed by atoms with Crippen molar-refractivity contribution in [3.63, 3.8) is 0 Å². The van der Waals surface area contributed by atoms with E-state index in [4.69, 9.17) is 25.8 Å². The molecule has 0 bridgehead atoms. The number of ether oxygens (including phenoxy) is 3. The van der Waals surface area contributed by atoms with Gasteiger partial charge in [-0.2, -0.15) is 0 Å². The molecule has 1 atom stereocenters. The van der Waals surface area contributed by atoms with Gasteiger partial charge >= 0.3 is 0 Å². The Morgan fingerprint density at radius 3 is 2.81 bits per heavy atom. The average Bonchev–Trinajstić information content (AvgIpc) is 3.10. The van der Waals surface area contributed by atoms with Crippen LogP contribution >= 0.6 is 24.0 Å². The van der Waals surface area contributed by atoms with Gasteiger partial charge in [-0.25, -0.2) is 13.1 Å². The van der Waals surface area contributed by atoms with Crippen molar-refractivity contribution in [3.05, 3.63) is 23.2 Å². The van der Waals surface area contributed by atoms with Gasteiger partial charge in [0.15, 0.2) is 0 Å². The van der Waals surface area contributed by atoms with Gasteiger partial charge in [-0.05, 0) is 24.6 Å². The third kappa shape index (κ3) is 7.56. The quantitative estimate of drug-likeness (QED) is 0.521. The molecule has 1 aromatic carbocycles. The van der Waals surface area contributed by atoms with Crippen LogP contribution in [-0.2, 0) is 19.5 Å². The van der Waals surface area contributed by atoms with E-state index in [2.05, 4.69) is 10.0 Å². The topological polar surface area (TPSA) is 85.9 Å². The van der Waals surface area contributed by atoms with Crippen LogP contribution in [0, 0.1) is 5.92 Å². The summed E-state index contributed by atoms with van der Waals surface area (Å²) in [6.45, 7) is 3.77. The molecule has 1 saturated heterocycles. The molecule has 1 aromatic rings. The summed E-state index contributed by atoms with van der Waals surface area (Å²) in [6.07, 6.45) is 0.918. The predicted molar refractivity (Wildman–Crippen MR) is 103 cm³/mol. The summed E-state index contributed by atoms with van der Waals surface area (Å²) in [5.41, 5.74) is 0. The first-order chi connectivity index (χ1) is 12.0. The Hall–Kier alpha value is -0.610. The van der Waals surface area contributed by atoms with Crippen molar-refractivity contribution in [2.45, 2.75) is 11.3 Å². The molecule has 150 valence electrons. The fourth-order valence-corrected chi connectivity index (χ4v) is 3.82. The standard InChI is InChI=1S/C16H25ClN2O5S.ClH/c1-22-9-7-18-5-6-19-25(20,21)16-10-14(17)2-3-15(16)24-12-13-4-8-23-11-13;/h2-3,10,13,18-19H,4-9,11-12H2,1H3;1H. The summed E-state index contributed by atoms with van der Waals surface area (Å²) >= 11 is 5.97. The van der Waals surface area contributed by atoms with Crippen LogP contribution in [0.25, 0.3) is 0 Å². The SMILES string of the molecule is COCCNCCNS(=O)(=O)c1cc(Cl)ccc1OCC1CCOC1.Cl. The first-order valence-corrected chi connectivity index (χ1v) is 10.1. The zero-order valence-corrected chi connectivity index (χ0v) is 17.1. The van der Waals surface area contributed by atoms with Gasteiger partial charge in [-0.1, -0.05) is 11.6 Å². The molecule has 0 amide bonds. The molecule has 0 aromatic heterocycles. The lowest BCUT2D eigenvalue weighted by molar-refractivity contribution is 0.166. The average molecular weight is 429 g/mol. The molecule has 0 aliphatic carbocycles. The lowest BCUT2D eigenvalue weighted by atomic mass is 10.1. The van der Waals surface area contributed by atoms with E-state index in [0.717, 1.165) is 13.0 Å². The highest BCUT2D eigenvalue weighted by atomic mass is 35.5. The first kappa shape index (κ1) is 23.4. The maximum absolute atomic E-state index is 12.6. The van der Waals surface area contributed by atoms with Crippen LogP contribution in [0.4, 0.5) is 0 Å². The number of hydrogen-bond donors (Lipinski definition) is 2. The van der Waals surface area contributed by atoms with Crippen molar-refractivity contribution in [1.82, 2.24) is 10.0 Å². The number of hydrogen-bond acceptors (Lipinski definition) is 6. The van der Waals surface area contributed by atoms with Gasteiger partial charge in [0.2, 0.25) is 10.0 Å². The zero-order chi connectivity index (χ0) is 18.1. The van der Waals surface area contributed by atoms with E-state index in [1.54, 1.807) is 19.2 Å². The minimum atomic E-state index is -3.71. The summed E-state index contributed by atoms with van der Waals surface area (Å²) < 4.78 is 43.6. The van der Waals surface area contributed by atoms with Crippen LogP contribution in [0.15, 0.2) is 23.1 Å². The van der Waals surface area contributed by atoms with Gasteiger partial charge in [-0.15, -0.1) is 12.4 Å². The largest absolute Gasteiger partial charge is 0.492 e. The molecule has 1 unspecified atom stereocenters. The summed E-state index contributed by atoms with van der Waals surface area (Å²) in [5.74, 6) is 0.584. The molecule has 26 heavy (non-hydrogen) atoms. The maximum Gasteiger partial charge on any atom is 0.244 e. The number of nitrogens with one attached hydrogen (secondary N) is 2. The van der Waals surface area contributed by atoms with Gasteiger partial charge < -0.3 is 19.5 Å². The second-order valence-corrected chi connectivity index (χ2v) is 7.94. The minimum Gasteiger partial charge on any atom is -0.492 e. The molecule has 0 spiro atoms. The molecule has 0 saturated carbocycles. The summed E-state index contributed by atoms with van der Waals surface area (Å²) in [6, 6.07) is 4.61. The van der Waals surface area contributed by atoms with Crippen LogP contribution in [0.3, 0.4) is 0 Å². The number of methoxy groups -OCH3 is 1. The van der Waals surface area contributed by atoms with Crippen molar-refractivity contribution in [2.24, 2.45) is 5.92 Å². The molecule has 1 aliphatic rings. The number of sulfonamides is 1. The third-order valence-corrected chi connectivity index (χ3v) is 5.49. The molecule has 10 heteroatoms. The molecule has 7 nitrogen and oxygen atoms in total. The molecule has 1 aliphatic heterocycles. The van der Waals surface area contributed by atoms with E-state index in [9.17, 15) is 8.42 Å². The highest BCUT2D eigenvalue weighted by molar-refractivity contribution is 7.89. The number of benzene rings is 1. The van der Waals surface area contributed by atoms with Crippen molar-refractivity contribution < 1.29 is 22.6 Å². The highest BCUT2D eigenvalue weighted by Gasteiger charge is 2.22. The van der Waals surface area contributed by atoms with Gasteiger partial charge in [0.25, 0.3) is 0 Å². The number of halogens is 2. The summed E-state index contributed by atoms with van der Waals surface area (Å²) in [7, 11) is -2.10. The van der Waals surface area contributed by atoms with Crippen molar-refractivity contribution in [1.29, 1.82) is 0 Å². The first-order valence-electron chi connectivity index (χ1n) is 8.22. The van der Waals surface area contributed by atoms with Crippen LogP contribution < -0.4 is 14.8 Å². The Morgan fingerprint density at radius 2 is 2.12 bits per heavy atom. The second kappa shape index (κ2) is 12.0. The summed E-state index contributed by atoms with van der Waals surface area (Å²) in [5, 5.41) is 3.42. The highest BCUT2D eigenvalue weighted by Crippen LogP contribution is 2.28. The Balaban J connectivity index is 0.00000338. The second-order valence-electron chi connectivity index (χ2n) is 5.77. The van der Waals surface area contributed by atoms with Crippen LogP contribution in [-0.4, -0.2) is 61.6 Å². The minimum absolute atomic E-state index is 0. The van der Waals surface area contributed by atoms with Crippen LogP contribution in [0.2, 0.25) is 5.02 Å². The number of rotatable bonds is 11. The van der Waals surface area contributed by atoms with Gasteiger partial charge in [0.05, 0.1) is 19.8 Å². The van der Waals surface area contributed by atoms with Crippen LogP contribution in [0.5, 0.6) is 5.75 Å². The lowest BCUT2D eigenvalue weighted by Crippen LogP contribution is -2.33. The molecule has 1 heterocycles. The monoisotopic (exact) mass is 428 g/mol. The third-order valence-electron chi connectivity index (χ3n) is 3.77. The molecular weight excluding hydrogens is 403 g/mol. The van der Waals surface area contributed by atoms with Crippen molar-refractivity contribution in [3.8, 4) is 5.75 Å². The van der Waals surface area contributed by atoms with Crippen molar-refractivity contribution in [2.75, 3.05) is 53.2 Å². The Kier molecular flexibility index (Phi) is 10.8. The fourth-order valence-electron chi connectivity index (χ4n) is 2.38. The predicted octanol–water partition coefficient (Wildman–Crippen LogP) is 1.69. The molecule has 2 rings (SSSR count). The van der Waals surface area contributed by atoms with Crippen molar-refractivity contribution >= 4 is 34.0 Å². The molecule has 1 fully saturated rings. The van der Waals surface area contributed by atoms with E-state index in [0.29, 0.717) is 43.7 Å². The summed E-state index contributed by atoms with van der Waals surface area (Å²) in [4.78, 5) is 0.0517. The maximum atomic E-state index is 12.6. The Morgan fingerprint density at radius 1 is 1.31 bits per heavy atom. The van der Waals surface area contributed by atoms with Gasteiger partial charge in [0, 0.05) is 44.3 Å². The Bertz CT molecular complexity index is 640. The molecule has 0 radical (unpaired) electrons. The fraction of sp³-hybridized carbons (Fsp3) is 0.625. The smallest absolute Gasteiger partial charge is 0.244 e. The lowest BCUT2D eigenvalue weighted by Gasteiger charge is -2.15. The van der Waals surface area contributed by atoms with Gasteiger partial charge in [0.1, 0.15) is 10.6 Å². The molecule has 2 N–H and O–H groups in total. The Labute approximate surface area is 166 Å². The van der Waals surface area contributed by atoms with Gasteiger partial charge in [-0.3, -0.25) is 0 Å².